The molecule has 2 N–H and O–H groups in total. The SMILES string of the molecule is CCN[C@@H](CCC(=O)OCc1ccccc1)COCC.CCOC[C@@H]1Cn2cc(-c3nnc(Cc4ccc(F)cc4)s3)c(=O)c(O)c2C(=O)N1CC.Cl. The van der Waals surface area contributed by atoms with Crippen molar-refractivity contribution in [3.8, 4) is 16.3 Å². The fourth-order valence-electron chi connectivity index (χ4n) is 5.70. The Morgan fingerprint density at radius 2 is 1.74 bits per heavy atom. The number of carbonyl (C=O) groups is 2. The number of benzene rings is 2. The molecule has 3 heterocycles. The van der Waals surface area contributed by atoms with Crippen LogP contribution in [0.1, 0.15) is 67.2 Å². The van der Waals surface area contributed by atoms with E-state index in [2.05, 4.69) is 15.5 Å². The van der Waals surface area contributed by atoms with Crippen molar-refractivity contribution in [2.45, 2.75) is 72.2 Å². The molecule has 4 aromatic rings. The number of pyridine rings is 1. The number of aromatic hydroxyl groups is 1. The molecule has 0 saturated heterocycles. The molecule has 2 aromatic heterocycles. The molecule has 53 heavy (non-hydrogen) atoms. The highest BCUT2D eigenvalue weighted by Gasteiger charge is 2.35. The van der Waals surface area contributed by atoms with Crippen LogP contribution in [0.25, 0.3) is 10.6 Å². The highest BCUT2D eigenvalue weighted by Crippen LogP contribution is 2.29. The molecule has 0 unspecified atom stereocenters. The molecule has 288 valence electrons. The third-order valence-corrected chi connectivity index (χ3v) is 9.30. The molecule has 0 aliphatic carbocycles. The lowest BCUT2D eigenvalue weighted by molar-refractivity contribution is -0.145. The number of aromatic nitrogens is 3. The Hall–Kier alpha value is -4.21. The van der Waals surface area contributed by atoms with Gasteiger partial charge in [-0.15, -0.1) is 22.6 Å². The number of fused-ring (bicyclic) bond motifs is 1. The van der Waals surface area contributed by atoms with Gasteiger partial charge in [-0.3, -0.25) is 14.4 Å². The normalized spacial score (nSPS) is 14.1. The van der Waals surface area contributed by atoms with Gasteiger partial charge in [0, 0.05) is 51.4 Å². The van der Waals surface area contributed by atoms with E-state index in [1.54, 1.807) is 27.8 Å². The van der Waals surface area contributed by atoms with Crippen molar-refractivity contribution in [1.29, 1.82) is 0 Å². The summed E-state index contributed by atoms with van der Waals surface area (Å²) in [7, 11) is 0. The van der Waals surface area contributed by atoms with Crippen LogP contribution in [0, 0.1) is 5.82 Å². The maximum Gasteiger partial charge on any atom is 0.306 e. The Morgan fingerprint density at radius 3 is 2.40 bits per heavy atom. The first-order valence-corrected chi connectivity index (χ1v) is 18.4. The molecular weight excluding hydrogens is 725 g/mol. The highest BCUT2D eigenvalue weighted by atomic mass is 35.5. The minimum absolute atomic E-state index is 0. The summed E-state index contributed by atoms with van der Waals surface area (Å²) < 4.78 is 30.9. The maximum absolute atomic E-state index is 13.1. The summed E-state index contributed by atoms with van der Waals surface area (Å²) in [6.45, 7) is 12.0. The molecular formula is C38H49ClFN5O7S. The lowest BCUT2D eigenvalue weighted by Crippen LogP contribution is -2.50. The van der Waals surface area contributed by atoms with Crippen LogP contribution in [0.3, 0.4) is 0 Å². The second-order valence-electron chi connectivity index (χ2n) is 12.0. The number of nitrogens with one attached hydrogen (secondary N) is 1. The number of esters is 1. The van der Waals surface area contributed by atoms with Crippen LogP contribution >= 0.6 is 23.7 Å². The van der Waals surface area contributed by atoms with Crippen LogP contribution in [-0.2, 0) is 38.6 Å². The van der Waals surface area contributed by atoms with Gasteiger partial charge in [0.05, 0.1) is 24.8 Å². The van der Waals surface area contributed by atoms with Crippen molar-refractivity contribution in [3.63, 3.8) is 0 Å². The van der Waals surface area contributed by atoms with Gasteiger partial charge in [0.25, 0.3) is 5.91 Å². The van der Waals surface area contributed by atoms with Crippen LogP contribution in [0.5, 0.6) is 5.75 Å². The summed E-state index contributed by atoms with van der Waals surface area (Å²) in [5, 5.41) is 23.2. The van der Waals surface area contributed by atoms with E-state index in [9.17, 15) is 23.9 Å². The monoisotopic (exact) mass is 773 g/mol. The third-order valence-electron chi connectivity index (χ3n) is 8.34. The van der Waals surface area contributed by atoms with Gasteiger partial charge in [-0.05, 0) is 57.0 Å². The predicted molar refractivity (Wildman–Crippen MR) is 204 cm³/mol. The van der Waals surface area contributed by atoms with E-state index in [1.165, 1.54) is 23.5 Å². The zero-order valence-corrected chi connectivity index (χ0v) is 32.2. The number of hydrogen-bond donors (Lipinski definition) is 2. The first-order chi connectivity index (χ1) is 25.2. The third kappa shape index (κ3) is 12.4. The number of nitrogens with zero attached hydrogens (tertiary/aromatic N) is 4. The number of amides is 1. The Morgan fingerprint density at radius 1 is 1.02 bits per heavy atom. The molecule has 1 amide bonds. The molecule has 0 spiro atoms. The standard InChI is InChI=1S/C22H23FN4O4S.C16H25NO3.ClH/c1-3-27-15(12-31-4-2)10-26-11-16(19(28)20(29)18(26)22(27)30)21-25-24-17(32-21)9-13-5-7-14(23)8-6-13;1-3-17-15(13-19-4-2)10-11-16(18)20-12-14-8-6-5-7-9-14;/h5-8,11,15,29H,3-4,9-10,12H2,1-2H3;5-9,15,17H,3-4,10-13H2,1-2H3;1H/t2*15-;/m00./s1. The van der Waals surface area contributed by atoms with E-state index in [1.807, 2.05) is 58.0 Å². The van der Waals surface area contributed by atoms with E-state index < -0.39 is 17.1 Å². The number of carbonyl (C=O) groups excluding carboxylic acids is 2. The van der Waals surface area contributed by atoms with Crippen molar-refractivity contribution in [1.82, 2.24) is 25.0 Å². The molecule has 2 aromatic carbocycles. The van der Waals surface area contributed by atoms with Crippen LogP contribution in [0.2, 0.25) is 0 Å². The lowest BCUT2D eigenvalue weighted by Gasteiger charge is -2.37. The maximum atomic E-state index is 13.1. The van der Waals surface area contributed by atoms with E-state index in [0.29, 0.717) is 69.0 Å². The smallest absolute Gasteiger partial charge is 0.306 e. The number of ether oxygens (including phenoxy) is 3. The zero-order chi connectivity index (χ0) is 37.5. The molecule has 12 nitrogen and oxygen atoms in total. The molecule has 0 saturated carbocycles. The summed E-state index contributed by atoms with van der Waals surface area (Å²) >= 11 is 1.22. The molecule has 0 radical (unpaired) electrons. The Balaban J connectivity index is 0.000000312. The second kappa shape index (κ2) is 22.1. The number of halogens is 2. The molecule has 1 aliphatic rings. The van der Waals surface area contributed by atoms with Crippen molar-refractivity contribution in [3.05, 3.63) is 98.7 Å². The predicted octanol–water partition coefficient (Wildman–Crippen LogP) is 5.63. The fourth-order valence-corrected chi connectivity index (χ4v) is 6.58. The zero-order valence-electron chi connectivity index (χ0n) is 30.6. The van der Waals surface area contributed by atoms with Crippen molar-refractivity contribution < 1.29 is 33.3 Å². The van der Waals surface area contributed by atoms with E-state index in [-0.39, 0.29) is 47.5 Å². The summed E-state index contributed by atoms with van der Waals surface area (Å²) in [6.07, 6.45) is 3.15. The van der Waals surface area contributed by atoms with Gasteiger partial charge in [-0.2, -0.15) is 0 Å². The number of likely N-dealkylation sites (N-methyl/N-ethyl adjacent to an activating group) is 2. The topological polar surface area (TPSA) is 145 Å². The lowest BCUT2D eigenvalue weighted by atomic mass is 10.1. The fraction of sp³-hybridized carbons (Fsp3) is 0.447. The molecule has 15 heteroatoms. The summed E-state index contributed by atoms with van der Waals surface area (Å²) in [5.41, 5.74) is 1.38. The minimum Gasteiger partial charge on any atom is -0.503 e. The molecule has 5 rings (SSSR count). The van der Waals surface area contributed by atoms with Crippen LogP contribution in [0.15, 0.2) is 65.6 Å². The van der Waals surface area contributed by atoms with Gasteiger partial charge in [-0.1, -0.05) is 60.7 Å². The Kier molecular flexibility index (Phi) is 18.0. The van der Waals surface area contributed by atoms with Gasteiger partial charge in [0.2, 0.25) is 5.43 Å². The molecule has 0 fully saturated rings. The highest BCUT2D eigenvalue weighted by molar-refractivity contribution is 7.14. The van der Waals surface area contributed by atoms with Gasteiger partial charge >= 0.3 is 5.97 Å². The number of rotatable bonds is 17. The summed E-state index contributed by atoms with van der Waals surface area (Å²) in [6, 6.07) is 15.8. The first kappa shape index (κ1) is 43.2. The molecule has 0 bridgehead atoms. The summed E-state index contributed by atoms with van der Waals surface area (Å²) in [5.74, 6) is -1.47. The average molecular weight is 774 g/mol. The van der Waals surface area contributed by atoms with Gasteiger partial charge in [0.1, 0.15) is 17.4 Å². The molecule has 2 atom stereocenters. The van der Waals surface area contributed by atoms with Crippen LogP contribution < -0.4 is 10.7 Å². The van der Waals surface area contributed by atoms with Crippen molar-refractivity contribution >= 4 is 35.6 Å². The second-order valence-corrected chi connectivity index (χ2v) is 13.1. The van der Waals surface area contributed by atoms with Crippen LogP contribution in [0.4, 0.5) is 4.39 Å². The van der Waals surface area contributed by atoms with Gasteiger partial charge in [-0.25, -0.2) is 4.39 Å². The van der Waals surface area contributed by atoms with E-state index in [0.717, 1.165) is 24.1 Å². The van der Waals surface area contributed by atoms with E-state index >= 15 is 0 Å². The average Bonchev–Trinajstić information content (AvgIpc) is 3.62. The van der Waals surface area contributed by atoms with Crippen molar-refractivity contribution in [2.75, 3.05) is 39.5 Å². The quantitative estimate of drug-likeness (QED) is 0.130. The largest absolute Gasteiger partial charge is 0.503 e. The van der Waals surface area contributed by atoms with Gasteiger partial charge < -0.3 is 34.1 Å². The number of hydrogen-bond acceptors (Lipinski definition) is 11. The van der Waals surface area contributed by atoms with E-state index in [4.69, 9.17) is 14.2 Å². The minimum atomic E-state index is -0.659. The molecule has 1 aliphatic heterocycles. The van der Waals surface area contributed by atoms with Crippen molar-refractivity contribution in [2.24, 2.45) is 0 Å². The Labute approximate surface area is 319 Å². The van der Waals surface area contributed by atoms with Crippen LogP contribution in [-0.4, -0.2) is 88.2 Å². The van der Waals surface area contributed by atoms with Gasteiger partial charge in [0.15, 0.2) is 16.5 Å². The summed E-state index contributed by atoms with van der Waals surface area (Å²) in [4.78, 5) is 39.2. The Bertz CT molecular complexity index is 1790. The first-order valence-electron chi connectivity index (χ1n) is 17.6.